The number of nitrogens with zero attached hydrogens (tertiary/aromatic N) is 1. The van der Waals surface area contributed by atoms with Crippen molar-refractivity contribution in [1.82, 2.24) is 4.98 Å². The van der Waals surface area contributed by atoms with Crippen LogP contribution in [-0.2, 0) is 0 Å². The van der Waals surface area contributed by atoms with Crippen molar-refractivity contribution in [3.8, 4) is 22.8 Å². The van der Waals surface area contributed by atoms with E-state index in [9.17, 15) is 4.79 Å². The Morgan fingerprint density at radius 2 is 1.19 bits per heavy atom. The Morgan fingerprint density at radius 3 is 1.53 bits per heavy atom. The van der Waals surface area contributed by atoms with E-state index in [1.807, 2.05) is 55.6 Å². The number of hydrogen-bond acceptors (Lipinski definition) is 9. The molecular formula is C37H41BrN2O4S3. The molecule has 5 aromatic rings. The Hall–Kier alpha value is -3.28. The molecule has 248 valence electrons. The number of carbonyl (C=O) groups excluding carboxylic acids is 1. The van der Waals surface area contributed by atoms with Gasteiger partial charge in [0, 0.05) is 42.7 Å². The van der Waals surface area contributed by atoms with Gasteiger partial charge in [-0.05, 0) is 130 Å². The third-order valence-electron chi connectivity index (χ3n) is 6.78. The average molecular weight is 754 g/mol. The molecule has 1 aromatic heterocycles. The molecule has 10 heteroatoms. The molecule has 3 N–H and O–H groups in total. The number of aryl methyl sites for hydroxylation is 4. The topological polar surface area (TPSA) is 94.7 Å². The molecule has 0 unspecified atom stereocenters. The van der Waals surface area contributed by atoms with E-state index < -0.39 is 0 Å². The number of anilines is 1. The zero-order valence-electron chi connectivity index (χ0n) is 27.7. The number of nitrogens with two attached hydrogens (primary N) is 1. The van der Waals surface area contributed by atoms with E-state index in [2.05, 4.69) is 71.2 Å². The third-order valence-corrected chi connectivity index (χ3v) is 9.92. The van der Waals surface area contributed by atoms with E-state index in [0.29, 0.717) is 10.5 Å². The predicted octanol–water partition coefficient (Wildman–Crippen LogP) is 10.2. The number of hydrogen-bond donors (Lipinski definition) is 2. The number of rotatable bonds is 9. The van der Waals surface area contributed by atoms with Gasteiger partial charge in [-0.3, -0.25) is 4.79 Å². The van der Waals surface area contributed by atoms with Crippen LogP contribution in [0.15, 0.2) is 97.8 Å². The van der Waals surface area contributed by atoms with Gasteiger partial charge in [-0.2, -0.15) is 0 Å². The number of aliphatic hydroxyl groups excluding tert-OH is 1. The number of alkyl halides is 1. The smallest absolute Gasteiger partial charge is 0.180 e. The summed E-state index contributed by atoms with van der Waals surface area (Å²) in [6.45, 7) is 10.1. The molecule has 0 spiro atoms. The Morgan fingerprint density at radius 1 is 0.787 bits per heavy atom. The number of aromatic nitrogens is 1. The Bertz CT molecular complexity index is 1710. The summed E-state index contributed by atoms with van der Waals surface area (Å²) in [5.74, 6) is 1.86. The number of Topliss-reactive ketones (excluding diaryl/α,β-unsaturated/α-hetero) is 1. The number of carbonyl (C=O) groups is 1. The number of halogens is 1. The van der Waals surface area contributed by atoms with Gasteiger partial charge in [0.15, 0.2) is 10.9 Å². The largest absolute Gasteiger partial charge is 0.497 e. The minimum absolute atomic E-state index is 0.131. The van der Waals surface area contributed by atoms with E-state index in [1.54, 1.807) is 44.7 Å². The summed E-state index contributed by atoms with van der Waals surface area (Å²) in [5.41, 5.74) is 13.2. The molecule has 0 aliphatic rings. The molecule has 0 amide bonds. The van der Waals surface area contributed by atoms with E-state index in [4.69, 9.17) is 20.3 Å². The fourth-order valence-corrected chi connectivity index (χ4v) is 7.70. The van der Waals surface area contributed by atoms with E-state index in [-0.39, 0.29) is 12.4 Å². The molecule has 0 bridgehead atoms. The molecule has 0 radical (unpaired) electrons. The van der Waals surface area contributed by atoms with Gasteiger partial charge in [-0.1, -0.05) is 39.5 Å². The first-order valence-corrected chi connectivity index (χ1v) is 18.4. The SMILES string of the molecule is CCO.COc1ccc(Sc2cc(C)c(-c3csc(N)n3)c(C)c2)cc1.COc1ccc(Sc2cc(C)c(C(=O)CBr)c(C)c2)cc1. The zero-order chi connectivity index (χ0) is 34.5. The Kier molecular flexibility index (Phi) is 15.4. The second kappa shape index (κ2) is 18.9. The van der Waals surface area contributed by atoms with Crippen molar-refractivity contribution in [1.29, 1.82) is 0 Å². The molecule has 6 nitrogen and oxygen atoms in total. The number of nitrogen functional groups attached to an aromatic ring is 1. The van der Waals surface area contributed by atoms with Crippen molar-refractivity contribution in [2.75, 3.05) is 31.9 Å². The van der Waals surface area contributed by atoms with Crippen LogP contribution in [-0.4, -0.2) is 42.0 Å². The van der Waals surface area contributed by atoms with Gasteiger partial charge in [-0.15, -0.1) is 11.3 Å². The summed E-state index contributed by atoms with van der Waals surface area (Å²) < 4.78 is 10.4. The lowest BCUT2D eigenvalue weighted by molar-refractivity contribution is 0.102. The highest BCUT2D eigenvalue weighted by Crippen LogP contribution is 2.36. The van der Waals surface area contributed by atoms with Crippen LogP contribution in [0.4, 0.5) is 5.13 Å². The summed E-state index contributed by atoms with van der Waals surface area (Å²) in [4.78, 5) is 21.0. The van der Waals surface area contributed by atoms with E-state index >= 15 is 0 Å². The fraction of sp³-hybridized carbons (Fsp3) is 0.243. The van der Waals surface area contributed by atoms with E-state index in [0.717, 1.165) is 43.7 Å². The molecule has 0 fully saturated rings. The average Bonchev–Trinajstić information content (AvgIpc) is 3.47. The van der Waals surface area contributed by atoms with Crippen LogP contribution < -0.4 is 15.2 Å². The molecule has 47 heavy (non-hydrogen) atoms. The van der Waals surface area contributed by atoms with Gasteiger partial charge in [0.05, 0.1) is 25.2 Å². The molecule has 0 aliphatic heterocycles. The first kappa shape index (κ1) is 38.2. The van der Waals surface area contributed by atoms with Crippen LogP contribution in [0.5, 0.6) is 11.5 Å². The molecule has 0 aliphatic carbocycles. The molecule has 5 rings (SSSR count). The first-order chi connectivity index (χ1) is 22.5. The number of methoxy groups -OCH3 is 2. The van der Waals surface area contributed by atoms with Crippen LogP contribution >= 0.6 is 50.8 Å². The number of ether oxygens (including phenoxy) is 2. The molecular weight excluding hydrogens is 713 g/mol. The maximum absolute atomic E-state index is 11.9. The number of ketones is 1. The monoisotopic (exact) mass is 752 g/mol. The fourth-order valence-electron chi connectivity index (χ4n) is 4.84. The highest BCUT2D eigenvalue weighted by Gasteiger charge is 2.13. The Balaban J connectivity index is 0.000000237. The van der Waals surface area contributed by atoms with Crippen molar-refractivity contribution in [3.05, 3.63) is 106 Å². The van der Waals surface area contributed by atoms with Crippen molar-refractivity contribution in [2.45, 2.75) is 54.2 Å². The lowest BCUT2D eigenvalue weighted by atomic mass is 10.00. The van der Waals surface area contributed by atoms with E-state index in [1.165, 1.54) is 37.8 Å². The summed E-state index contributed by atoms with van der Waals surface area (Å²) in [5, 5.41) is 10.6. The van der Waals surface area contributed by atoms with Gasteiger partial charge < -0.3 is 20.3 Å². The molecule has 4 aromatic carbocycles. The normalized spacial score (nSPS) is 10.3. The van der Waals surface area contributed by atoms with Gasteiger partial charge in [0.2, 0.25) is 0 Å². The maximum atomic E-state index is 11.9. The summed E-state index contributed by atoms with van der Waals surface area (Å²) in [6.07, 6.45) is 0. The first-order valence-electron chi connectivity index (χ1n) is 14.8. The highest BCUT2D eigenvalue weighted by molar-refractivity contribution is 9.09. The highest BCUT2D eigenvalue weighted by atomic mass is 79.9. The van der Waals surface area contributed by atoms with Crippen molar-refractivity contribution in [3.63, 3.8) is 0 Å². The van der Waals surface area contributed by atoms with Crippen LogP contribution in [0.2, 0.25) is 0 Å². The third kappa shape index (κ3) is 11.1. The van der Waals surface area contributed by atoms with Gasteiger partial charge in [-0.25, -0.2) is 4.98 Å². The van der Waals surface area contributed by atoms with Crippen molar-refractivity contribution < 1.29 is 19.4 Å². The molecule has 0 saturated heterocycles. The quantitative estimate of drug-likeness (QED) is 0.114. The maximum Gasteiger partial charge on any atom is 0.180 e. The summed E-state index contributed by atoms with van der Waals surface area (Å²) >= 11 is 8.15. The number of benzene rings is 4. The second-order valence-corrected chi connectivity index (χ2v) is 14.1. The zero-order valence-corrected chi connectivity index (χ0v) is 31.8. The number of aliphatic hydroxyl groups is 1. The lowest BCUT2D eigenvalue weighted by Crippen LogP contribution is -2.05. The summed E-state index contributed by atoms with van der Waals surface area (Å²) in [6, 6.07) is 24.6. The standard InChI is InChI=1S/C18H18N2OS2.C17H17BrO2S.C2H6O/c1-11-8-15(23-14-6-4-13(21-3)5-7-14)9-12(2)17(11)16-10-22-18(19)20-16;1-11-8-15(9-12(2)17(11)16(19)10-18)21-14-6-4-13(20-3)5-7-14;1-2-3/h4-10H,1-3H3,(H2,19,20);4-9H,10H2,1-3H3;3H,2H2,1H3. The minimum atomic E-state index is 0.131. The molecule has 0 atom stereocenters. The van der Waals surface area contributed by atoms with Crippen LogP contribution in [0.25, 0.3) is 11.3 Å². The molecule has 1 heterocycles. The minimum Gasteiger partial charge on any atom is -0.497 e. The van der Waals surface area contributed by atoms with Crippen LogP contribution in [0.3, 0.4) is 0 Å². The van der Waals surface area contributed by atoms with Crippen molar-refractivity contribution >= 4 is 61.7 Å². The van der Waals surface area contributed by atoms with Crippen molar-refractivity contribution in [2.24, 2.45) is 0 Å². The van der Waals surface area contributed by atoms with Crippen LogP contribution in [0.1, 0.15) is 39.5 Å². The number of thiazole rings is 1. The Labute approximate surface area is 299 Å². The van der Waals surface area contributed by atoms with Gasteiger partial charge in [0.1, 0.15) is 11.5 Å². The lowest BCUT2D eigenvalue weighted by Gasteiger charge is -2.11. The predicted molar refractivity (Wildman–Crippen MR) is 202 cm³/mol. The molecule has 0 saturated carbocycles. The van der Waals surface area contributed by atoms with Gasteiger partial charge >= 0.3 is 0 Å². The summed E-state index contributed by atoms with van der Waals surface area (Å²) in [7, 11) is 3.34. The van der Waals surface area contributed by atoms with Crippen LogP contribution in [0, 0.1) is 27.7 Å². The van der Waals surface area contributed by atoms with Gasteiger partial charge in [0.25, 0.3) is 0 Å². The second-order valence-electron chi connectivity index (χ2n) is 10.4.